The zero-order valence-corrected chi connectivity index (χ0v) is 12.6. The lowest BCUT2D eigenvalue weighted by molar-refractivity contribution is -0.138. The van der Waals surface area contributed by atoms with E-state index < -0.39 is 16.0 Å². The van der Waals surface area contributed by atoms with Gasteiger partial charge in [0.2, 0.25) is 10.0 Å². The number of pyridine rings is 1. The number of sulfonamides is 1. The highest BCUT2D eigenvalue weighted by molar-refractivity contribution is 7.89. The first-order valence-corrected chi connectivity index (χ1v) is 8.68. The van der Waals surface area contributed by atoms with Gasteiger partial charge in [-0.3, -0.25) is 9.78 Å². The fourth-order valence-corrected chi connectivity index (χ4v) is 4.17. The number of aromatic nitrogens is 1. The average Bonchev–Trinajstić information content (AvgIpc) is 2.46. The average molecular weight is 312 g/mol. The van der Waals surface area contributed by atoms with Gasteiger partial charge in [-0.25, -0.2) is 12.7 Å². The number of aliphatic carboxylic acids is 1. The van der Waals surface area contributed by atoms with E-state index in [-0.39, 0.29) is 18.1 Å². The highest BCUT2D eigenvalue weighted by atomic mass is 32.2. The predicted octanol–water partition coefficient (Wildman–Crippen LogP) is 1.14. The van der Waals surface area contributed by atoms with Crippen LogP contribution in [0, 0.1) is 5.92 Å². The Balaban J connectivity index is 1.93. The molecular formula is C14H20N2O4S. The van der Waals surface area contributed by atoms with Gasteiger partial charge in [0.1, 0.15) is 0 Å². The van der Waals surface area contributed by atoms with Gasteiger partial charge >= 0.3 is 5.97 Å². The second kappa shape index (κ2) is 7.00. The molecule has 1 aliphatic rings. The van der Waals surface area contributed by atoms with Gasteiger partial charge in [0, 0.05) is 37.8 Å². The lowest BCUT2D eigenvalue weighted by Crippen LogP contribution is -2.41. The minimum Gasteiger partial charge on any atom is -0.481 e. The molecule has 0 aromatic carbocycles. The van der Waals surface area contributed by atoms with Gasteiger partial charge in [-0.2, -0.15) is 0 Å². The maximum Gasteiger partial charge on any atom is 0.303 e. The van der Waals surface area contributed by atoms with Gasteiger partial charge < -0.3 is 5.11 Å². The van der Waals surface area contributed by atoms with Crippen LogP contribution in [0.4, 0.5) is 0 Å². The molecule has 2 heterocycles. The molecule has 0 aliphatic carbocycles. The Bertz CT molecular complexity index is 574. The van der Waals surface area contributed by atoms with E-state index in [1.807, 2.05) is 6.07 Å². The van der Waals surface area contributed by atoms with Crippen molar-refractivity contribution in [2.24, 2.45) is 5.92 Å². The number of aryl methyl sites for hydroxylation is 1. The molecule has 1 N–H and O–H groups in total. The molecule has 21 heavy (non-hydrogen) atoms. The second-order valence-corrected chi connectivity index (χ2v) is 7.44. The lowest BCUT2D eigenvalue weighted by Gasteiger charge is -2.31. The molecule has 0 saturated carbocycles. The summed E-state index contributed by atoms with van der Waals surface area (Å²) in [6.07, 6.45) is 3.56. The minimum atomic E-state index is -3.35. The topological polar surface area (TPSA) is 87.6 Å². The number of hydrogen-bond donors (Lipinski definition) is 1. The van der Waals surface area contributed by atoms with E-state index in [2.05, 4.69) is 4.98 Å². The summed E-state index contributed by atoms with van der Waals surface area (Å²) in [6.45, 7) is 0.803. The quantitative estimate of drug-likeness (QED) is 0.851. The Morgan fingerprint density at radius 2 is 2.24 bits per heavy atom. The second-order valence-electron chi connectivity index (χ2n) is 5.35. The van der Waals surface area contributed by atoms with Gasteiger partial charge in [-0.15, -0.1) is 0 Å². The van der Waals surface area contributed by atoms with Crippen molar-refractivity contribution < 1.29 is 18.3 Å². The molecule has 116 valence electrons. The van der Waals surface area contributed by atoms with Crippen LogP contribution in [0.2, 0.25) is 0 Å². The van der Waals surface area contributed by atoms with Crippen LogP contribution in [0.25, 0.3) is 0 Å². The normalized spacial score (nSPS) is 20.3. The number of piperidine rings is 1. The predicted molar refractivity (Wildman–Crippen MR) is 78.3 cm³/mol. The summed E-state index contributed by atoms with van der Waals surface area (Å²) < 4.78 is 26.1. The Hall–Kier alpha value is -1.47. The Kier molecular flexibility index (Phi) is 5.30. The number of carboxylic acid groups (broad SMARTS) is 1. The van der Waals surface area contributed by atoms with Crippen LogP contribution in [0.1, 0.15) is 25.0 Å². The molecule has 1 saturated heterocycles. The fraction of sp³-hybridized carbons (Fsp3) is 0.571. The maximum atomic E-state index is 12.3. The molecule has 1 aromatic heterocycles. The van der Waals surface area contributed by atoms with Crippen molar-refractivity contribution in [3.05, 3.63) is 30.1 Å². The molecule has 1 fully saturated rings. The highest BCUT2D eigenvalue weighted by Gasteiger charge is 2.29. The van der Waals surface area contributed by atoms with Crippen molar-refractivity contribution >= 4 is 16.0 Å². The summed E-state index contributed by atoms with van der Waals surface area (Å²) in [5.41, 5.74) is 0.750. The van der Waals surface area contributed by atoms with E-state index in [0.717, 1.165) is 18.5 Å². The van der Waals surface area contributed by atoms with Crippen LogP contribution < -0.4 is 0 Å². The van der Waals surface area contributed by atoms with E-state index in [0.29, 0.717) is 19.5 Å². The summed E-state index contributed by atoms with van der Waals surface area (Å²) in [5.74, 6) is -0.933. The summed E-state index contributed by atoms with van der Waals surface area (Å²) in [7, 11) is -3.35. The molecule has 2 rings (SSSR count). The first-order chi connectivity index (χ1) is 9.97. The third kappa shape index (κ3) is 4.78. The van der Waals surface area contributed by atoms with E-state index >= 15 is 0 Å². The molecule has 7 heteroatoms. The third-order valence-electron chi connectivity index (χ3n) is 3.68. The summed E-state index contributed by atoms with van der Waals surface area (Å²) in [6, 6.07) is 5.43. The monoisotopic (exact) mass is 312 g/mol. The Labute approximate surface area is 124 Å². The standard InChI is InChI=1S/C14H20N2O4S/c17-14(18)10-12-4-3-8-16(11-12)21(19,20)9-6-13-5-1-2-7-15-13/h1-2,5,7,12H,3-4,6,8-11H2,(H,17,18). The molecule has 0 amide bonds. The van der Waals surface area contributed by atoms with Crippen molar-refractivity contribution in [2.75, 3.05) is 18.8 Å². The van der Waals surface area contributed by atoms with Crippen molar-refractivity contribution in [3.63, 3.8) is 0 Å². The van der Waals surface area contributed by atoms with Gasteiger partial charge in [0.05, 0.1) is 5.75 Å². The molecule has 1 aliphatic heterocycles. The Morgan fingerprint density at radius 3 is 2.90 bits per heavy atom. The van der Waals surface area contributed by atoms with Crippen molar-refractivity contribution in [2.45, 2.75) is 25.7 Å². The Morgan fingerprint density at radius 1 is 1.43 bits per heavy atom. The van der Waals surface area contributed by atoms with Crippen molar-refractivity contribution in [1.82, 2.24) is 9.29 Å². The SMILES string of the molecule is O=C(O)CC1CCCN(S(=O)(=O)CCc2ccccn2)C1. The van der Waals surface area contributed by atoms with E-state index in [1.165, 1.54) is 4.31 Å². The number of hydrogen-bond acceptors (Lipinski definition) is 4. The van der Waals surface area contributed by atoms with Crippen LogP contribution in [0.15, 0.2) is 24.4 Å². The van der Waals surface area contributed by atoms with Crippen molar-refractivity contribution in [3.8, 4) is 0 Å². The molecule has 1 aromatic rings. The van der Waals surface area contributed by atoms with Gasteiger partial charge in [0.15, 0.2) is 0 Å². The van der Waals surface area contributed by atoms with Gasteiger partial charge in [-0.05, 0) is 30.9 Å². The number of rotatable bonds is 6. The fourth-order valence-electron chi connectivity index (χ4n) is 2.60. The zero-order valence-electron chi connectivity index (χ0n) is 11.8. The smallest absolute Gasteiger partial charge is 0.303 e. The molecule has 1 unspecified atom stereocenters. The van der Waals surface area contributed by atoms with E-state index in [4.69, 9.17) is 5.11 Å². The van der Waals surface area contributed by atoms with Crippen molar-refractivity contribution in [1.29, 1.82) is 0 Å². The van der Waals surface area contributed by atoms with Gasteiger partial charge in [0.25, 0.3) is 0 Å². The minimum absolute atomic E-state index is 0.0177. The molecule has 6 nitrogen and oxygen atoms in total. The lowest BCUT2D eigenvalue weighted by atomic mass is 9.96. The first kappa shape index (κ1) is 15.9. The van der Waals surface area contributed by atoms with Crippen LogP contribution in [-0.2, 0) is 21.2 Å². The number of nitrogens with zero attached hydrogens (tertiary/aromatic N) is 2. The molecule has 0 radical (unpaired) electrons. The first-order valence-electron chi connectivity index (χ1n) is 7.07. The molecule has 0 spiro atoms. The number of carbonyl (C=O) groups is 1. The van der Waals surface area contributed by atoms with Crippen LogP contribution in [0.5, 0.6) is 0 Å². The molecular weight excluding hydrogens is 292 g/mol. The van der Waals surface area contributed by atoms with E-state index in [9.17, 15) is 13.2 Å². The third-order valence-corrected chi connectivity index (χ3v) is 5.52. The maximum absolute atomic E-state index is 12.3. The largest absolute Gasteiger partial charge is 0.481 e. The molecule has 0 bridgehead atoms. The summed E-state index contributed by atoms with van der Waals surface area (Å²) in [4.78, 5) is 14.9. The summed E-state index contributed by atoms with van der Waals surface area (Å²) >= 11 is 0. The van der Waals surface area contributed by atoms with Gasteiger partial charge in [-0.1, -0.05) is 6.07 Å². The van der Waals surface area contributed by atoms with E-state index in [1.54, 1.807) is 18.3 Å². The highest BCUT2D eigenvalue weighted by Crippen LogP contribution is 2.22. The number of carboxylic acids is 1. The zero-order chi connectivity index (χ0) is 15.3. The van der Waals surface area contributed by atoms with Crippen LogP contribution in [-0.4, -0.2) is 47.6 Å². The molecule has 1 atom stereocenters. The van der Waals surface area contributed by atoms with Crippen LogP contribution in [0.3, 0.4) is 0 Å². The van der Waals surface area contributed by atoms with Crippen LogP contribution >= 0.6 is 0 Å². The summed E-state index contributed by atoms with van der Waals surface area (Å²) in [5, 5.41) is 8.83.